The predicted octanol–water partition coefficient (Wildman–Crippen LogP) is 2.73. The number of nitrogens with zero attached hydrogens (tertiary/aromatic N) is 2. The van der Waals surface area contributed by atoms with Gasteiger partial charge in [0.25, 0.3) is 0 Å². The van der Waals surface area contributed by atoms with Gasteiger partial charge in [0.1, 0.15) is 24.2 Å². The molecule has 0 bridgehead atoms. The monoisotopic (exact) mass is 318 g/mol. The molecule has 0 spiro atoms. The largest absolute Gasteiger partial charge is 0.491 e. The molecule has 0 saturated heterocycles. The van der Waals surface area contributed by atoms with Gasteiger partial charge in [-0.05, 0) is 45.0 Å². The Bertz CT molecular complexity index is 588. The number of aliphatic hydroxyl groups is 1. The van der Waals surface area contributed by atoms with E-state index in [1.165, 1.54) is 5.56 Å². The molecule has 0 aliphatic heterocycles. The van der Waals surface area contributed by atoms with Gasteiger partial charge in [0.05, 0.1) is 5.69 Å². The number of hydrogen-bond donors (Lipinski definition) is 1. The van der Waals surface area contributed by atoms with Gasteiger partial charge in [0.15, 0.2) is 0 Å². The topological polar surface area (TPSA) is 58.7 Å². The van der Waals surface area contributed by atoms with Crippen molar-refractivity contribution >= 4 is 0 Å². The maximum Gasteiger partial charge on any atom is 0.138 e. The molecule has 1 unspecified atom stereocenters. The van der Waals surface area contributed by atoms with E-state index in [2.05, 4.69) is 12.1 Å². The van der Waals surface area contributed by atoms with Crippen molar-refractivity contribution in [2.24, 2.45) is 0 Å². The highest BCUT2D eigenvalue weighted by Gasteiger charge is 2.14. The third-order valence-corrected chi connectivity index (χ3v) is 3.91. The van der Waals surface area contributed by atoms with Crippen molar-refractivity contribution in [3.63, 3.8) is 0 Å². The molecule has 1 heterocycles. The molecule has 5 heteroatoms. The summed E-state index contributed by atoms with van der Waals surface area (Å²) in [5.41, 5.74) is 3.25. The van der Waals surface area contributed by atoms with Crippen LogP contribution in [-0.4, -0.2) is 41.5 Å². The summed E-state index contributed by atoms with van der Waals surface area (Å²) in [6.07, 6.45) is 0.460. The van der Waals surface area contributed by atoms with Crippen molar-refractivity contribution in [2.75, 3.05) is 20.2 Å². The first-order valence-electron chi connectivity index (χ1n) is 7.99. The number of likely N-dealkylation sites (N-methyl/N-ethyl adjacent to an activating group) is 1. The highest BCUT2D eigenvalue weighted by Crippen LogP contribution is 2.15. The van der Waals surface area contributed by atoms with E-state index >= 15 is 0 Å². The SMILES string of the molecule is CCc1ccc(OCC(O)CN(C)Cc2c(C)noc2C)cc1. The molecule has 2 rings (SSSR count). The van der Waals surface area contributed by atoms with Crippen molar-refractivity contribution in [3.8, 4) is 5.75 Å². The Balaban J connectivity index is 1.78. The minimum absolute atomic E-state index is 0.275. The summed E-state index contributed by atoms with van der Waals surface area (Å²) in [6, 6.07) is 7.98. The zero-order valence-corrected chi connectivity index (χ0v) is 14.4. The molecule has 0 amide bonds. The number of benzene rings is 1. The van der Waals surface area contributed by atoms with E-state index in [0.29, 0.717) is 13.1 Å². The lowest BCUT2D eigenvalue weighted by molar-refractivity contribution is 0.0742. The first kappa shape index (κ1) is 17.5. The van der Waals surface area contributed by atoms with E-state index in [4.69, 9.17) is 9.26 Å². The molecule has 1 aromatic carbocycles. The number of rotatable bonds is 8. The summed E-state index contributed by atoms with van der Waals surface area (Å²) < 4.78 is 10.8. The number of hydrogen-bond acceptors (Lipinski definition) is 5. The van der Waals surface area contributed by atoms with Gasteiger partial charge in [-0.15, -0.1) is 0 Å². The minimum Gasteiger partial charge on any atom is -0.491 e. The van der Waals surface area contributed by atoms with Crippen LogP contribution in [0.3, 0.4) is 0 Å². The van der Waals surface area contributed by atoms with Gasteiger partial charge in [-0.25, -0.2) is 0 Å². The van der Waals surface area contributed by atoms with Gasteiger partial charge in [-0.3, -0.25) is 4.90 Å². The molecule has 0 aliphatic rings. The molecule has 0 radical (unpaired) electrons. The van der Waals surface area contributed by atoms with Gasteiger partial charge in [-0.1, -0.05) is 24.2 Å². The Morgan fingerprint density at radius 2 is 1.96 bits per heavy atom. The Kier molecular flexibility index (Phi) is 6.19. The van der Waals surface area contributed by atoms with Crippen LogP contribution in [0.5, 0.6) is 5.75 Å². The molecule has 2 aromatic rings. The second-order valence-corrected chi connectivity index (χ2v) is 5.96. The number of aliphatic hydroxyl groups excluding tert-OH is 1. The van der Waals surface area contributed by atoms with E-state index in [9.17, 15) is 5.11 Å². The van der Waals surface area contributed by atoms with Crippen molar-refractivity contribution in [1.29, 1.82) is 0 Å². The fourth-order valence-electron chi connectivity index (χ4n) is 2.49. The third kappa shape index (κ3) is 5.08. The molecule has 23 heavy (non-hydrogen) atoms. The van der Waals surface area contributed by atoms with Crippen molar-refractivity contribution in [1.82, 2.24) is 10.1 Å². The first-order chi connectivity index (χ1) is 11.0. The lowest BCUT2D eigenvalue weighted by Gasteiger charge is -2.20. The van der Waals surface area contributed by atoms with Crippen LogP contribution < -0.4 is 4.74 Å². The Morgan fingerprint density at radius 3 is 2.52 bits per heavy atom. The summed E-state index contributed by atoms with van der Waals surface area (Å²) in [6.45, 7) is 7.45. The van der Waals surface area contributed by atoms with Gasteiger partial charge in [0, 0.05) is 18.7 Å². The van der Waals surface area contributed by atoms with E-state index < -0.39 is 6.10 Å². The van der Waals surface area contributed by atoms with Crippen LogP contribution in [0, 0.1) is 13.8 Å². The fraction of sp³-hybridized carbons (Fsp3) is 0.500. The first-order valence-corrected chi connectivity index (χ1v) is 7.99. The molecule has 1 aromatic heterocycles. The highest BCUT2D eigenvalue weighted by atomic mass is 16.5. The van der Waals surface area contributed by atoms with E-state index in [1.807, 2.05) is 50.1 Å². The molecule has 0 fully saturated rings. The normalized spacial score (nSPS) is 12.6. The molecule has 1 atom stereocenters. The molecular weight excluding hydrogens is 292 g/mol. The number of aromatic nitrogens is 1. The van der Waals surface area contributed by atoms with Crippen molar-refractivity contribution in [3.05, 3.63) is 46.8 Å². The van der Waals surface area contributed by atoms with Crippen LogP contribution in [0.4, 0.5) is 0 Å². The highest BCUT2D eigenvalue weighted by molar-refractivity contribution is 5.27. The van der Waals surface area contributed by atoms with E-state index in [1.54, 1.807) is 0 Å². The lowest BCUT2D eigenvalue weighted by Crippen LogP contribution is -2.33. The summed E-state index contributed by atoms with van der Waals surface area (Å²) in [4.78, 5) is 2.04. The fourth-order valence-corrected chi connectivity index (χ4v) is 2.49. The van der Waals surface area contributed by atoms with E-state index in [-0.39, 0.29) is 6.61 Å². The zero-order chi connectivity index (χ0) is 16.8. The van der Waals surface area contributed by atoms with E-state index in [0.717, 1.165) is 29.2 Å². The average molecular weight is 318 g/mol. The molecule has 5 nitrogen and oxygen atoms in total. The molecule has 0 saturated carbocycles. The van der Waals surface area contributed by atoms with Crippen molar-refractivity contribution < 1.29 is 14.4 Å². The van der Waals surface area contributed by atoms with Crippen molar-refractivity contribution in [2.45, 2.75) is 39.8 Å². The molecule has 126 valence electrons. The zero-order valence-electron chi connectivity index (χ0n) is 14.4. The maximum atomic E-state index is 10.1. The molecular formula is C18H26N2O3. The smallest absolute Gasteiger partial charge is 0.138 e. The maximum absolute atomic E-state index is 10.1. The lowest BCUT2D eigenvalue weighted by atomic mass is 10.2. The standard InChI is InChI=1S/C18H26N2O3/c1-5-15-6-8-17(9-7-15)22-12-16(21)10-20(4)11-18-13(2)19-23-14(18)3/h6-9,16,21H,5,10-12H2,1-4H3. The quantitative estimate of drug-likeness (QED) is 0.811. The van der Waals surface area contributed by atoms with Gasteiger partial charge in [-0.2, -0.15) is 0 Å². The Labute approximate surface area is 137 Å². The van der Waals surface area contributed by atoms with Crippen LogP contribution in [0.25, 0.3) is 0 Å². The summed E-state index contributed by atoms with van der Waals surface area (Å²) in [5.74, 6) is 1.62. The predicted molar refractivity (Wildman–Crippen MR) is 89.6 cm³/mol. The number of aryl methyl sites for hydroxylation is 3. The third-order valence-electron chi connectivity index (χ3n) is 3.91. The summed E-state index contributed by atoms with van der Waals surface area (Å²) in [5, 5.41) is 14.1. The molecule has 1 N–H and O–H groups in total. The van der Waals surface area contributed by atoms with Crippen LogP contribution in [0.1, 0.15) is 29.5 Å². The summed E-state index contributed by atoms with van der Waals surface area (Å²) in [7, 11) is 1.96. The average Bonchev–Trinajstić information content (AvgIpc) is 2.85. The molecule has 0 aliphatic carbocycles. The summed E-state index contributed by atoms with van der Waals surface area (Å²) >= 11 is 0. The Morgan fingerprint density at radius 1 is 1.26 bits per heavy atom. The van der Waals surface area contributed by atoms with Gasteiger partial charge >= 0.3 is 0 Å². The number of ether oxygens (including phenoxy) is 1. The van der Waals surface area contributed by atoms with Gasteiger partial charge < -0.3 is 14.4 Å². The van der Waals surface area contributed by atoms with Crippen LogP contribution >= 0.6 is 0 Å². The minimum atomic E-state index is -0.550. The van der Waals surface area contributed by atoms with Gasteiger partial charge in [0.2, 0.25) is 0 Å². The second-order valence-electron chi connectivity index (χ2n) is 5.96. The van der Waals surface area contributed by atoms with Crippen LogP contribution in [-0.2, 0) is 13.0 Å². The van der Waals surface area contributed by atoms with Crippen LogP contribution in [0.15, 0.2) is 28.8 Å². The Hall–Kier alpha value is -1.85. The second kappa shape index (κ2) is 8.13. The van der Waals surface area contributed by atoms with Crippen LogP contribution in [0.2, 0.25) is 0 Å².